The van der Waals surface area contributed by atoms with Gasteiger partial charge in [0, 0.05) is 47.2 Å². The highest BCUT2D eigenvalue weighted by Gasteiger charge is 2.25. The van der Waals surface area contributed by atoms with Crippen molar-refractivity contribution in [1.29, 1.82) is 0 Å². The van der Waals surface area contributed by atoms with Gasteiger partial charge < -0.3 is 15.3 Å². The van der Waals surface area contributed by atoms with Gasteiger partial charge in [0.25, 0.3) is 0 Å². The van der Waals surface area contributed by atoms with Crippen molar-refractivity contribution in [2.75, 3.05) is 18.0 Å². The third-order valence-corrected chi connectivity index (χ3v) is 5.85. The second kappa shape index (κ2) is 8.73. The highest BCUT2D eigenvalue weighted by atomic mass is 35.5. The average molecular weight is 460 g/mol. The van der Waals surface area contributed by atoms with Crippen LogP contribution in [0.1, 0.15) is 13.3 Å². The molecular weight excluding hydrogens is 440 g/mol. The number of hydrogen-bond acceptors (Lipinski definition) is 4. The second-order valence-corrected chi connectivity index (χ2v) is 8.30. The number of pyridine rings is 1. The summed E-state index contributed by atoms with van der Waals surface area (Å²) in [4.78, 5) is 18.2. The second-order valence-electron chi connectivity index (χ2n) is 7.49. The topological polar surface area (TPSA) is 65.5 Å². The molecule has 3 aromatic rings. The largest absolute Gasteiger partial charge is 0.507 e. The minimum absolute atomic E-state index is 0.0119. The van der Waals surface area contributed by atoms with E-state index in [9.17, 15) is 14.3 Å². The van der Waals surface area contributed by atoms with Gasteiger partial charge in [-0.25, -0.2) is 9.37 Å². The van der Waals surface area contributed by atoms with Gasteiger partial charge >= 0.3 is 0 Å². The van der Waals surface area contributed by atoms with E-state index in [1.54, 1.807) is 24.3 Å². The van der Waals surface area contributed by atoms with Gasteiger partial charge in [-0.2, -0.15) is 0 Å². The number of anilines is 1. The van der Waals surface area contributed by atoms with Gasteiger partial charge in [0.15, 0.2) is 0 Å². The van der Waals surface area contributed by atoms with E-state index in [0.29, 0.717) is 45.8 Å². The van der Waals surface area contributed by atoms with Crippen LogP contribution in [0.25, 0.3) is 22.4 Å². The van der Waals surface area contributed by atoms with E-state index < -0.39 is 5.82 Å². The molecule has 31 heavy (non-hydrogen) atoms. The number of phenolic OH excluding ortho intramolecular Hbond substituents is 1. The van der Waals surface area contributed by atoms with Crippen LogP contribution in [0.4, 0.5) is 10.2 Å². The minimum atomic E-state index is -0.482. The Kier molecular flexibility index (Phi) is 6.03. The molecule has 0 saturated carbocycles. The fourth-order valence-electron chi connectivity index (χ4n) is 3.82. The SMILES string of the molecule is CC(=O)NC1CCN(c2cc(-c3c(Cl)cccc3Cl)cc(-c3cc(F)ccc3O)n2)C1. The van der Waals surface area contributed by atoms with Crippen LogP contribution < -0.4 is 10.2 Å². The summed E-state index contributed by atoms with van der Waals surface area (Å²) in [6, 6.07) is 12.6. The Balaban J connectivity index is 1.84. The summed E-state index contributed by atoms with van der Waals surface area (Å²) >= 11 is 12.9. The summed E-state index contributed by atoms with van der Waals surface area (Å²) in [5, 5.41) is 14.2. The molecule has 1 amide bonds. The molecule has 1 fully saturated rings. The maximum absolute atomic E-state index is 13.9. The Hall–Kier alpha value is -2.83. The van der Waals surface area contributed by atoms with Crippen molar-refractivity contribution in [2.45, 2.75) is 19.4 Å². The first-order valence-corrected chi connectivity index (χ1v) is 10.5. The molecule has 1 unspecified atom stereocenters. The Morgan fingerprint density at radius 2 is 1.94 bits per heavy atom. The van der Waals surface area contributed by atoms with Crippen molar-refractivity contribution in [3.63, 3.8) is 0 Å². The molecule has 1 aliphatic rings. The van der Waals surface area contributed by atoms with Crippen LogP contribution in [-0.4, -0.2) is 35.1 Å². The number of phenols is 1. The van der Waals surface area contributed by atoms with Crippen LogP contribution in [0, 0.1) is 5.82 Å². The predicted molar refractivity (Wildman–Crippen MR) is 121 cm³/mol. The van der Waals surface area contributed by atoms with Crippen molar-refractivity contribution in [3.8, 4) is 28.1 Å². The van der Waals surface area contributed by atoms with Gasteiger partial charge in [-0.1, -0.05) is 29.3 Å². The van der Waals surface area contributed by atoms with Crippen LogP contribution >= 0.6 is 23.2 Å². The Bertz CT molecular complexity index is 1140. The number of nitrogens with one attached hydrogen (secondary N) is 1. The third-order valence-electron chi connectivity index (χ3n) is 5.22. The molecule has 2 heterocycles. The number of rotatable bonds is 4. The standard InChI is InChI=1S/C23H20Cl2FN3O2/c1-13(30)27-16-7-8-29(12-16)22-10-14(23-18(24)3-2-4-19(23)25)9-20(28-22)17-11-15(26)5-6-21(17)31/h2-6,9-11,16,31H,7-8,12H2,1H3,(H,27,30). The van der Waals surface area contributed by atoms with E-state index in [2.05, 4.69) is 10.3 Å². The molecule has 2 aromatic carbocycles. The normalized spacial score (nSPS) is 15.9. The lowest BCUT2D eigenvalue weighted by Gasteiger charge is -2.21. The number of amides is 1. The first kappa shape index (κ1) is 21.4. The highest BCUT2D eigenvalue weighted by Crippen LogP contribution is 2.39. The molecular formula is C23H20Cl2FN3O2. The molecule has 1 saturated heterocycles. The monoisotopic (exact) mass is 459 g/mol. The molecule has 5 nitrogen and oxygen atoms in total. The number of hydrogen-bond donors (Lipinski definition) is 2. The minimum Gasteiger partial charge on any atom is -0.507 e. The average Bonchev–Trinajstić information content (AvgIpc) is 3.17. The van der Waals surface area contributed by atoms with E-state index in [4.69, 9.17) is 23.2 Å². The molecule has 0 bridgehead atoms. The lowest BCUT2D eigenvalue weighted by Crippen LogP contribution is -2.35. The van der Waals surface area contributed by atoms with Gasteiger partial charge in [-0.3, -0.25) is 4.79 Å². The van der Waals surface area contributed by atoms with Gasteiger partial charge in [0.05, 0.1) is 5.69 Å². The lowest BCUT2D eigenvalue weighted by atomic mass is 10.0. The zero-order valence-corrected chi connectivity index (χ0v) is 18.2. The molecule has 0 radical (unpaired) electrons. The van der Waals surface area contributed by atoms with Crippen LogP contribution in [0.5, 0.6) is 5.75 Å². The number of nitrogens with zero attached hydrogens (tertiary/aromatic N) is 2. The first-order valence-electron chi connectivity index (χ1n) is 9.79. The summed E-state index contributed by atoms with van der Waals surface area (Å²) in [5.74, 6) is -0.0224. The summed E-state index contributed by atoms with van der Waals surface area (Å²) in [6.45, 7) is 2.76. The number of aromatic hydroxyl groups is 1. The van der Waals surface area contributed by atoms with Crippen molar-refractivity contribution >= 4 is 34.9 Å². The Morgan fingerprint density at radius 3 is 2.65 bits per heavy atom. The summed E-state index contributed by atoms with van der Waals surface area (Å²) in [7, 11) is 0. The highest BCUT2D eigenvalue weighted by molar-refractivity contribution is 6.39. The first-order chi connectivity index (χ1) is 14.8. The number of benzene rings is 2. The molecule has 160 valence electrons. The third kappa shape index (κ3) is 4.60. The van der Waals surface area contributed by atoms with Crippen molar-refractivity contribution in [1.82, 2.24) is 10.3 Å². The zero-order chi connectivity index (χ0) is 22.1. The molecule has 8 heteroatoms. The van der Waals surface area contributed by atoms with Crippen LogP contribution in [0.2, 0.25) is 10.0 Å². The van der Waals surface area contributed by atoms with Gasteiger partial charge in [-0.05, 0) is 54.4 Å². The Morgan fingerprint density at radius 1 is 1.19 bits per heavy atom. The van der Waals surface area contributed by atoms with Gasteiger partial charge in [-0.15, -0.1) is 0 Å². The quantitative estimate of drug-likeness (QED) is 0.556. The zero-order valence-electron chi connectivity index (χ0n) is 16.7. The van der Waals surface area contributed by atoms with E-state index in [-0.39, 0.29) is 23.3 Å². The maximum Gasteiger partial charge on any atom is 0.217 e. The Labute approximate surface area is 189 Å². The van der Waals surface area contributed by atoms with E-state index >= 15 is 0 Å². The number of carbonyl (C=O) groups is 1. The van der Waals surface area contributed by atoms with Crippen LogP contribution in [0.3, 0.4) is 0 Å². The van der Waals surface area contributed by atoms with E-state index in [0.717, 1.165) is 6.42 Å². The summed E-state index contributed by atoms with van der Waals surface area (Å²) < 4.78 is 13.9. The molecule has 1 aromatic heterocycles. The smallest absolute Gasteiger partial charge is 0.217 e. The van der Waals surface area contributed by atoms with Gasteiger partial charge in [0.1, 0.15) is 17.4 Å². The summed E-state index contributed by atoms with van der Waals surface area (Å²) in [5.41, 5.74) is 1.99. The molecule has 0 spiro atoms. The summed E-state index contributed by atoms with van der Waals surface area (Å²) in [6.07, 6.45) is 0.777. The van der Waals surface area contributed by atoms with Crippen molar-refractivity contribution < 1.29 is 14.3 Å². The van der Waals surface area contributed by atoms with Crippen molar-refractivity contribution in [3.05, 3.63) is 64.4 Å². The maximum atomic E-state index is 13.9. The van der Waals surface area contributed by atoms with E-state index in [1.807, 2.05) is 11.0 Å². The van der Waals surface area contributed by atoms with Crippen LogP contribution in [-0.2, 0) is 4.79 Å². The fourth-order valence-corrected chi connectivity index (χ4v) is 4.44. The van der Waals surface area contributed by atoms with Crippen LogP contribution in [0.15, 0.2) is 48.5 Å². The number of halogens is 3. The van der Waals surface area contributed by atoms with Crippen molar-refractivity contribution in [2.24, 2.45) is 0 Å². The fraction of sp³-hybridized carbons (Fsp3) is 0.217. The van der Waals surface area contributed by atoms with Gasteiger partial charge in [0.2, 0.25) is 5.91 Å². The number of aromatic nitrogens is 1. The molecule has 4 rings (SSSR count). The molecule has 2 N–H and O–H groups in total. The molecule has 1 aliphatic heterocycles. The predicted octanol–water partition coefficient (Wildman–Crippen LogP) is 5.28. The molecule has 0 aliphatic carbocycles. The number of carbonyl (C=O) groups excluding carboxylic acids is 1. The van der Waals surface area contributed by atoms with E-state index in [1.165, 1.54) is 25.1 Å². The lowest BCUT2D eigenvalue weighted by molar-refractivity contribution is -0.119. The molecule has 1 atom stereocenters.